The summed E-state index contributed by atoms with van der Waals surface area (Å²) in [4.78, 5) is 24.4. The predicted octanol–water partition coefficient (Wildman–Crippen LogP) is 4.09. The number of amides is 2. The van der Waals surface area contributed by atoms with Gasteiger partial charge in [-0.1, -0.05) is 30.1 Å². The van der Waals surface area contributed by atoms with Crippen molar-refractivity contribution in [2.45, 2.75) is 19.8 Å². The van der Waals surface area contributed by atoms with Crippen LogP contribution in [-0.2, 0) is 11.2 Å². The molecule has 0 bridgehead atoms. The van der Waals surface area contributed by atoms with Crippen LogP contribution in [0.1, 0.15) is 29.3 Å². The van der Waals surface area contributed by atoms with Crippen LogP contribution >= 0.6 is 23.2 Å². The van der Waals surface area contributed by atoms with Crippen molar-refractivity contribution in [1.82, 2.24) is 5.32 Å². The molecular weight excluding hydrogens is 403 g/mol. The standard InChI is InChI=1S/C20H20Cl2N2O4/c1-2-5-23-20(26)14-4-3-13(11-15(14)21)24-18(25)10-12-8-16(22)19-17(9-12)27-6-7-28-19/h3-4,8-9,11H,2,5-7,10H2,1H3,(H,23,26)(H,24,25). The highest BCUT2D eigenvalue weighted by molar-refractivity contribution is 6.34. The molecule has 2 N–H and O–H groups in total. The first-order chi connectivity index (χ1) is 13.5. The van der Waals surface area contributed by atoms with Crippen LogP contribution in [0.2, 0.25) is 10.0 Å². The molecule has 0 spiro atoms. The van der Waals surface area contributed by atoms with Crippen molar-refractivity contribution >= 4 is 40.7 Å². The number of fused-ring (bicyclic) bond motifs is 1. The number of hydrogen-bond acceptors (Lipinski definition) is 4. The molecule has 2 aromatic carbocycles. The zero-order chi connectivity index (χ0) is 20.1. The summed E-state index contributed by atoms with van der Waals surface area (Å²) in [5, 5.41) is 6.22. The topological polar surface area (TPSA) is 76.7 Å². The Morgan fingerprint density at radius 2 is 1.86 bits per heavy atom. The fourth-order valence-corrected chi connectivity index (χ4v) is 3.32. The van der Waals surface area contributed by atoms with Gasteiger partial charge < -0.3 is 20.1 Å². The zero-order valence-corrected chi connectivity index (χ0v) is 16.8. The number of rotatable bonds is 6. The number of hydrogen-bond donors (Lipinski definition) is 2. The molecule has 0 unspecified atom stereocenters. The molecule has 0 aliphatic carbocycles. The van der Waals surface area contributed by atoms with E-state index < -0.39 is 0 Å². The van der Waals surface area contributed by atoms with Gasteiger partial charge in [-0.25, -0.2) is 0 Å². The van der Waals surface area contributed by atoms with Crippen LogP contribution in [-0.4, -0.2) is 31.6 Å². The van der Waals surface area contributed by atoms with Crippen molar-refractivity contribution in [3.63, 3.8) is 0 Å². The van der Waals surface area contributed by atoms with Gasteiger partial charge in [0, 0.05) is 12.2 Å². The molecule has 148 valence electrons. The number of carbonyl (C=O) groups is 2. The Bertz CT molecular complexity index is 902. The van der Waals surface area contributed by atoms with Gasteiger partial charge in [-0.15, -0.1) is 0 Å². The molecule has 0 saturated heterocycles. The number of nitrogens with one attached hydrogen (secondary N) is 2. The molecule has 3 rings (SSSR count). The molecule has 0 aromatic heterocycles. The van der Waals surface area contributed by atoms with Gasteiger partial charge in [0.15, 0.2) is 11.5 Å². The summed E-state index contributed by atoms with van der Waals surface area (Å²) in [5.41, 5.74) is 1.57. The molecular formula is C20H20Cl2N2O4. The van der Waals surface area contributed by atoms with E-state index in [1.54, 1.807) is 30.3 Å². The van der Waals surface area contributed by atoms with E-state index in [-0.39, 0.29) is 23.3 Å². The second-order valence-electron chi connectivity index (χ2n) is 6.28. The summed E-state index contributed by atoms with van der Waals surface area (Å²) in [6.45, 7) is 3.43. The minimum absolute atomic E-state index is 0.104. The summed E-state index contributed by atoms with van der Waals surface area (Å²) in [5.74, 6) is 0.551. The van der Waals surface area contributed by atoms with Gasteiger partial charge in [-0.3, -0.25) is 9.59 Å². The van der Waals surface area contributed by atoms with E-state index in [1.165, 1.54) is 0 Å². The predicted molar refractivity (Wildman–Crippen MR) is 109 cm³/mol. The third-order valence-corrected chi connectivity index (χ3v) is 4.65. The van der Waals surface area contributed by atoms with Gasteiger partial charge in [0.25, 0.3) is 5.91 Å². The minimum atomic E-state index is -0.244. The highest BCUT2D eigenvalue weighted by Gasteiger charge is 2.18. The van der Waals surface area contributed by atoms with Crippen LogP contribution in [0.25, 0.3) is 0 Å². The Balaban J connectivity index is 1.66. The maximum absolute atomic E-state index is 12.4. The van der Waals surface area contributed by atoms with Crippen molar-refractivity contribution in [2.75, 3.05) is 25.1 Å². The third kappa shape index (κ3) is 4.88. The Kier molecular flexibility index (Phi) is 6.65. The Labute approximate surface area is 173 Å². The minimum Gasteiger partial charge on any atom is -0.486 e. The molecule has 1 heterocycles. The summed E-state index contributed by atoms with van der Waals surface area (Å²) >= 11 is 12.4. The molecule has 0 atom stereocenters. The smallest absolute Gasteiger partial charge is 0.252 e. The summed E-state index contributed by atoms with van der Waals surface area (Å²) in [6, 6.07) is 8.21. The van der Waals surface area contributed by atoms with Crippen LogP contribution in [0.5, 0.6) is 11.5 Å². The average Bonchev–Trinajstić information content (AvgIpc) is 2.66. The summed E-state index contributed by atoms with van der Waals surface area (Å²) in [6.07, 6.45) is 0.939. The molecule has 1 aliphatic rings. The Hall–Kier alpha value is -2.44. The van der Waals surface area contributed by atoms with Gasteiger partial charge in [-0.2, -0.15) is 0 Å². The fourth-order valence-electron chi connectivity index (χ4n) is 2.77. The maximum Gasteiger partial charge on any atom is 0.252 e. The molecule has 2 amide bonds. The van der Waals surface area contributed by atoms with E-state index >= 15 is 0 Å². The Morgan fingerprint density at radius 1 is 1.07 bits per heavy atom. The van der Waals surface area contributed by atoms with Gasteiger partial charge in [0.1, 0.15) is 13.2 Å². The fraction of sp³-hybridized carbons (Fsp3) is 0.300. The quantitative estimate of drug-likeness (QED) is 0.734. The number of benzene rings is 2. The summed E-state index contributed by atoms with van der Waals surface area (Å²) in [7, 11) is 0. The van der Waals surface area contributed by atoms with E-state index in [9.17, 15) is 9.59 Å². The van der Waals surface area contributed by atoms with Gasteiger partial charge in [0.05, 0.1) is 22.0 Å². The summed E-state index contributed by atoms with van der Waals surface area (Å²) < 4.78 is 11.0. The van der Waals surface area contributed by atoms with Crippen molar-refractivity contribution in [3.05, 3.63) is 51.5 Å². The lowest BCUT2D eigenvalue weighted by molar-refractivity contribution is -0.115. The molecule has 2 aromatic rings. The van der Waals surface area contributed by atoms with E-state index in [1.807, 2.05) is 6.92 Å². The highest BCUT2D eigenvalue weighted by Crippen LogP contribution is 2.38. The van der Waals surface area contributed by atoms with Crippen LogP contribution in [0.4, 0.5) is 5.69 Å². The van der Waals surface area contributed by atoms with Crippen LogP contribution in [0, 0.1) is 0 Å². The van der Waals surface area contributed by atoms with E-state index in [0.29, 0.717) is 53.1 Å². The lowest BCUT2D eigenvalue weighted by Crippen LogP contribution is -2.24. The van der Waals surface area contributed by atoms with Gasteiger partial charge in [-0.05, 0) is 42.3 Å². The number of anilines is 1. The second-order valence-corrected chi connectivity index (χ2v) is 7.09. The van der Waals surface area contributed by atoms with Crippen LogP contribution < -0.4 is 20.1 Å². The SMILES string of the molecule is CCCNC(=O)c1ccc(NC(=O)Cc2cc(Cl)c3c(c2)OCCO3)cc1Cl. The van der Waals surface area contributed by atoms with Crippen molar-refractivity contribution in [1.29, 1.82) is 0 Å². The van der Waals surface area contributed by atoms with Crippen molar-refractivity contribution in [3.8, 4) is 11.5 Å². The van der Waals surface area contributed by atoms with Gasteiger partial charge in [0.2, 0.25) is 5.91 Å². The van der Waals surface area contributed by atoms with Crippen LogP contribution in [0.3, 0.4) is 0 Å². The lowest BCUT2D eigenvalue weighted by Gasteiger charge is -2.20. The molecule has 0 radical (unpaired) electrons. The van der Waals surface area contributed by atoms with Crippen molar-refractivity contribution in [2.24, 2.45) is 0 Å². The number of ether oxygens (including phenoxy) is 2. The molecule has 28 heavy (non-hydrogen) atoms. The number of carbonyl (C=O) groups excluding carboxylic acids is 2. The maximum atomic E-state index is 12.4. The largest absolute Gasteiger partial charge is 0.486 e. The third-order valence-electron chi connectivity index (χ3n) is 4.05. The number of halogens is 2. The Morgan fingerprint density at radius 3 is 2.61 bits per heavy atom. The first-order valence-corrected chi connectivity index (χ1v) is 9.69. The molecule has 8 heteroatoms. The molecule has 0 saturated carbocycles. The molecule has 0 fully saturated rings. The molecule has 6 nitrogen and oxygen atoms in total. The highest BCUT2D eigenvalue weighted by atomic mass is 35.5. The van der Waals surface area contributed by atoms with E-state index in [4.69, 9.17) is 32.7 Å². The lowest BCUT2D eigenvalue weighted by atomic mass is 10.1. The molecule has 1 aliphatic heterocycles. The average molecular weight is 423 g/mol. The zero-order valence-electron chi connectivity index (χ0n) is 15.3. The van der Waals surface area contributed by atoms with Crippen LogP contribution in [0.15, 0.2) is 30.3 Å². The van der Waals surface area contributed by atoms with E-state index in [2.05, 4.69) is 10.6 Å². The first kappa shape index (κ1) is 20.3. The normalized spacial score (nSPS) is 12.4. The van der Waals surface area contributed by atoms with E-state index in [0.717, 1.165) is 6.42 Å². The first-order valence-electron chi connectivity index (χ1n) is 8.93. The van der Waals surface area contributed by atoms with Crippen molar-refractivity contribution < 1.29 is 19.1 Å². The van der Waals surface area contributed by atoms with Gasteiger partial charge >= 0.3 is 0 Å². The monoisotopic (exact) mass is 422 g/mol. The second kappa shape index (κ2) is 9.17.